The molecular formula is C15H20N2O. The van der Waals surface area contributed by atoms with E-state index in [9.17, 15) is 4.79 Å². The maximum atomic E-state index is 12.0. The van der Waals surface area contributed by atoms with Gasteiger partial charge in [0, 0.05) is 17.8 Å². The van der Waals surface area contributed by atoms with E-state index in [1.54, 1.807) is 0 Å². The van der Waals surface area contributed by atoms with Gasteiger partial charge in [0.15, 0.2) is 0 Å². The molecule has 96 valence electrons. The number of nitrogen functional groups attached to an aromatic ring is 1. The Labute approximate surface area is 108 Å². The van der Waals surface area contributed by atoms with Crippen LogP contribution in [0.25, 0.3) is 0 Å². The van der Waals surface area contributed by atoms with Crippen molar-refractivity contribution in [2.75, 3.05) is 12.3 Å². The summed E-state index contributed by atoms with van der Waals surface area (Å²) < 4.78 is 0. The van der Waals surface area contributed by atoms with E-state index in [4.69, 9.17) is 5.73 Å². The third-order valence-corrected chi connectivity index (χ3v) is 4.11. The maximum absolute atomic E-state index is 12.0. The van der Waals surface area contributed by atoms with Crippen LogP contribution in [0.5, 0.6) is 0 Å². The minimum atomic E-state index is 0.0384. The fourth-order valence-electron chi connectivity index (χ4n) is 2.45. The fourth-order valence-corrected chi connectivity index (χ4v) is 2.45. The van der Waals surface area contributed by atoms with Crippen LogP contribution in [0.1, 0.15) is 48.0 Å². The highest BCUT2D eigenvalue weighted by atomic mass is 16.1. The molecular weight excluding hydrogens is 224 g/mol. The standard InChI is InChI=1S/C15H20N2O/c1-9-6-12(9)13-7-11(4-5-14(13)16)15(18)17-8-10-2-3-10/h4-5,7,9-10,12H,2-3,6,8,16H2,1H3,(H,17,18)/t9-,12?/m1/s1. The van der Waals surface area contributed by atoms with E-state index in [0.29, 0.717) is 17.8 Å². The van der Waals surface area contributed by atoms with E-state index < -0.39 is 0 Å². The summed E-state index contributed by atoms with van der Waals surface area (Å²) in [6.07, 6.45) is 3.71. The normalized spacial score (nSPS) is 25.8. The molecule has 3 nitrogen and oxygen atoms in total. The number of carbonyl (C=O) groups is 1. The van der Waals surface area contributed by atoms with Crippen LogP contribution in [-0.2, 0) is 0 Å². The number of amides is 1. The Bertz CT molecular complexity index is 479. The molecule has 3 heteroatoms. The molecule has 0 saturated heterocycles. The molecule has 3 N–H and O–H groups in total. The zero-order valence-corrected chi connectivity index (χ0v) is 10.8. The van der Waals surface area contributed by atoms with Gasteiger partial charge in [-0.05, 0) is 60.8 Å². The zero-order chi connectivity index (χ0) is 12.7. The fraction of sp³-hybridized carbons (Fsp3) is 0.533. The van der Waals surface area contributed by atoms with Gasteiger partial charge in [-0.1, -0.05) is 6.92 Å². The highest BCUT2D eigenvalue weighted by Crippen LogP contribution is 2.48. The van der Waals surface area contributed by atoms with E-state index in [2.05, 4.69) is 12.2 Å². The van der Waals surface area contributed by atoms with Crippen molar-refractivity contribution in [3.8, 4) is 0 Å². The molecule has 0 aliphatic heterocycles. The molecule has 1 aromatic carbocycles. The minimum Gasteiger partial charge on any atom is -0.398 e. The monoisotopic (exact) mass is 244 g/mol. The first-order valence-electron chi connectivity index (χ1n) is 6.82. The average molecular weight is 244 g/mol. The number of anilines is 1. The summed E-state index contributed by atoms with van der Waals surface area (Å²) in [6, 6.07) is 5.67. The van der Waals surface area contributed by atoms with E-state index in [0.717, 1.165) is 23.4 Å². The number of nitrogens with one attached hydrogen (secondary N) is 1. The molecule has 18 heavy (non-hydrogen) atoms. The SMILES string of the molecule is C[C@@H]1CC1c1cc(C(=O)NCC2CC2)ccc1N. The Balaban J connectivity index is 1.72. The summed E-state index contributed by atoms with van der Waals surface area (Å²) >= 11 is 0. The van der Waals surface area contributed by atoms with Gasteiger partial charge < -0.3 is 11.1 Å². The average Bonchev–Trinajstić information content (AvgIpc) is 3.24. The van der Waals surface area contributed by atoms with Crippen molar-refractivity contribution >= 4 is 11.6 Å². The lowest BCUT2D eigenvalue weighted by Gasteiger charge is -2.09. The number of hydrogen-bond acceptors (Lipinski definition) is 2. The maximum Gasteiger partial charge on any atom is 0.251 e. The van der Waals surface area contributed by atoms with Gasteiger partial charge in [0.2, 0.25) is 0 Å². The second-order valence-corrected chi connectivity index (χ2v) is 5.82. The van der Waals surface area contributed by atoms with Gasteiger partial charge in [0.1, 0.15) is 0 Å². The molecule has 0 aromatic heterocycles. The third kappa shape index (κ3) is 2.35. The molecule has 0 heterocycles. The summed E-state index contributed by atoms with van der Waals surface area (Å²) in [5.74, 6) is 2.01. The first kappa shape index (κ1) is 11.6. The second-order valence-electron chi connectivity index (χ2n) is 5.82. The highest BCUT2D eigenvalue weighted by molar-refractivity contribution is 5.95. The van der Waals surface area contributed by atoms with Crippen molar-refractivity contribution in [3.05, 3.63) is 29.3 Å². The first-order chi connectivity index (χ1) is 8.65. The van der Waals surface area contributed by atoms with Crippen molar-refractivity contribution in [1.29, 1.82) is 0 Å². The summed E-state index contributed by atoms with van der Waals surface area (Å²) in [4.78, 5) is 12.0. The van der Waals surface area contributed by atoms with Gasteiger partial charge in [-0.25, -0.2) is 0 Å². The van der Waals surface area contributed by atoms with Gasteiger partial charge >= 0.3 is 0 Å². The molecule has 2 saturated carbocycles. The van der Waals surface area contributed by atoms with Crippen molar-refractivity contribution < 1.29 is 4.79 Å². The Hall–Kier alpha value is -1.51. The molecule has 2 fully saturated rings. The van der Waals surface area contributed by atoms with E-state index in [1.807, 2.05) is 18.2 Å². The van der Waals surface area contributed by atoms with Crippen LogP contribution in [0.4, 0.5) is 5.69 Å². The molecule has 2 aliphatic rings. The van der Waals surface area contributed by atoms with Gasteiger partial charge in [-0.15, -0.1) is 0 Å². The minimum absolute atomic E-state index is 0.0384. The lowest BCUT2D eigenvalue weighted by molar-refractivity contribution is 0.0951. The van der Waals surface area contributed by atoms with Crippen molar-refractivity contribution in [3.63, 3.8) is 0 Å². The zero-order valence-electron chi connectivity index (χ0n) is 10.8. The van der Waals surface area contributed by atoms with Crippen LogP contribution in [0, 0.1) is 11.8 Å². The van der Waals surface area contributed by atoms with Gasteiger partial charge in [-0.3, -0.25) is 4.79 Å². The molecule has 0 radical (unpaired) electrons. The Morgan fingerprint density at radius 3 is 2.78 bits per heavy atom. The van der Waals surface area contributed by atoms with E-state index in [1.165, 1.54) is 19.3 Å². The van der Waals surface area contributed by atoms with Crippen LogP contribution < -0.4 is 11.1 Å². The predicted octanol–water partition coefficient (Wildman–Crippen LogP) is 2.53. The largest absolute Gasteiger partial charge is 0.398 e. The van der Waals surface area contributed by atoms with E-state index in [-0.39, 0.29) is 5.91 Å². The lowest BCUT2D eigenvalue weighted by atomic mass is 10.0. The molecule has 3 rings (SSSR count). The molecule has 0 spiro atoms. The number of hydrogen-bond donors (Lipinski definition) is 2. The summed E-state index contributed by atoms with van der Waals surface area (Å²) in [5, 5.41) is 3.00. The van der Waals surface area contributed by atoms with Crippen LogP contribution >= 0.6 is 0 Å². The van der Waals surface area contributed by atoms with Crippen LogP contribution in [0.3, 0.4) is 0 Å². The van der Waals surface area contributed by atoms with Crippen molar-refractivity contribution in [2.24, 2.45) is 11.8 Å². The summed E-state index contributed by atoms with van der Waals surface area (Å²) in [6.45, 7) is 3.04. The Morgan fingerprint density at radius 2 is 2.17 bits per heavy atom. The van der Waals surface area contributed by atoms with Crippen LogP contribution in [0.2, 0.25) is 0 Å². The predicted molar refractivity (Wildman–Crippen MR) is 72.4 cm³/mol. The molecule has 2 aliphatic carbocycles. The molecule has 1 unspecified atom stereocenters. The Kier molecular flexibility index (Phi) is 2.77. The molecule has 0 bridgehead atoms. The van der Waals surface area contributed by atoms with Crippen LogP contribution in [0.15, 0.2) is 18.2 Å². The van der Waals surface area contributed by atoms with Gasteiger partial charge in [0.05, 0.1) is 0 Å². The van der Waals surface area contributed by atoms with Gasteiger partial charge in [-0.2, -0.15) is 0 Å². The lowest BCUT2D eigenvalue weighted by Crippen LogP contribution is -2.25. The number of rotatable bonds is 4. The molecule has 2 atom stereocenters. The topological polar surface area (TPSA) is 55.1 Å². The van der Waals surface area contributed by atoms with Gasteiger partial charge in [0.25, 0.3) is 5.91 Å². The van der Waals surface area contributed by atoms with Crippen molar-refractivity contribution in [2.45, 2.75) is 32.1 Å². The number of carbonyl (C=O) groups excluding carboxylic acids is 1. The quantitative estimate of drug-likeness (QED) is 0.800. The third-order valence-electron chi connectivity index (χ3n) is 4.11. The van der Waals surface area contributed by atoms with E-state index >= 15 is 0 Å². The smallest absolute Gasteiger partial charge is 0.251 e. The number of benzene rings is 1. The number of nitrogens with two attached hydrogens (primary N) is 1. The highest BCUT2D eigenvalue weighted by Gasteiger charge is 2.35. The summed E-state index contributed by atoms with van der Waals surface area (Å²) in [7, 11) is 0. The molecule has 1 aromatic rings. The summed E-state index contributed by atoms with van der Waals surface area (Å²) in [5.41, 5.74) is 8.72. The molecule has 1 amide bonds. The second kappa shape index (κ2) is 4.30. The van der Waals surface area contributed by atoms with Crippen molar-refractivity contribution in [1.82, 2.24) is 5.32 Å². The first-order valence-corrected chi connectivity index (χ1v) is 6.82. The Morgan fingerprint density at radius 1 is 1.44 bits per heavy atom. The van der Waals surface area contributed by atoms with Crippen LogP contribution in [-0.4, -0.2) is 12.5 Å².